The first-order valence-electron chi connectivity index (χ1n) is 3.98. The molecule has 0 saturated heterocycles. The molecule has 11 heteroatoms. The average Bonchev–Trinajstić information content (AvgIpc) is 2.21. The third-order valence-electron chi connectivity index (χ3n) is 1.62. The van der Waals surface area contributed by atoms with Crippen LogP contribution in [0, 0.1) is 0 Å². The van der Waals surface area contributed by atoms with Crippen LogP contribution in [-0.2, 0) is 24.2 Å². The van der Waals surface area contributed by atoms with Crippen LogP contribution in [0.2, 0.25) is 0 Å². The van der Waals surface area contributed by atoms with Crippen molar-refractivity contribution >= 4 is 22.7 Å². The van der Waals surface area contributed by atoms with Crippen LogP contribution >= 0.6 is 0 Å². The fraction of sp³-hybridized carbons (Fsp3) is 0.667. The van der Waals surface area contributed by atoms with Gasteiger partial charge >= 0.3 is 16.4 Å². The minimum Gasteiger partial charge on any atom is -0.479 e. The average molecular weight is 274 g/mol. The predicted octanol–water partition coefficient (Wildman–Crippen LogP) is -3.46. The van der Waals surface area contributed by atoms with Crippen LogP contribution in [0.25, 0.3) is 0 Å². The predicted molar refractivity (Wildman–Crippen MR) is 48.1 cm³/mol. The fourth-order valence-corrected chi connectivity index (χ4v) is 1.37. The SMILES string of the molecule is O=C[C@@H](O)[C@H](OS(=O)(=O)O)[C@@H](O)[C@H](O)C(=O)O. The summed E-state index contributed by atoms with van der Waals surface area (Å²) in [5.74, 6) is -1.94. The maximum absolute atomic E-state index is 10.3. The largest absolute Gasteiger partial charge is 0.479 e. The first-order chi connectivity index (χ1) is 7.60. The molecule has 0 unspecified atom stereocenters. The van der Waals surface area contributed by atoms with Crippen molar-refractivity contribution in [1.82, 2.24) is 0 Å². The molecule has 0 aromatic heterocycles. The smallest absolute Gasteiger partial charge is 0.397 e. The molecule has 4 atom stereocenters. The lowest BCUT2D eigenvalue weighted by atomic mass is 10.0. The summed E-state index contributed by atoms with van der Waals surface area (Å²) in [7, 11) is -5.17. The number of aldehydes is 1. The van der Waals surface area contributed by atoms with E-state index in [2.05, 4.69) is 4.18 Å². The minimum atomic E-state index is -5.17. The summed E-state index contributed by atoms with van der Waals surface area (Å²) in [6.45, 7) is 0. The molecule has 0 bridgehead atoms. The molecule has 0 radical (unpaired) electrons. The number of rotatable bonds is 7. The molecule has 17 heavy (non-hydrogen) atoms. The third-order valence-corrected chi connectivity index (χ3v) is 2.09. The second kappa shape index (κ2) is 6.00. The molecule has 0 spiro atoms. The van der Waals surface area contributed by atoms with Crippen molar-refractivity contribution in [3.63, 3.8) is 0 Å². The number of carboxylic acids is 1. The summed E-state index contributed by atoms with van der Waals surface area (Å²) in [4.78, 5) is 20.5. The quantitative estimate of drug-likeness (QED) is 0.231. The van der Waals surface area contributed by atoms with E-state index in [1.165, 1.54) is 0 Å². The van der Waals surface area contributed by atoms with Crippen molar-refractivity contribution < 1.29 is 47.2 Å². The summed E-state index contributed by atoms with van der Waals surface area (Å²) in [5.41, 5.74) is 0. The van der Waals surface area contributed by atoms with Gasteiger partial charge in [0.25, 0.3) is 0 Å². The molecular weight excluding hydrogens is 264 g/mol. The van der Waals surface area contributed by atoms with Crippen LogP contribution in [0.3, 0.4) is 0 Å². The number of aliphatic hydroxyl groups is 3. The highest BCUT2D eigenvalue weighted by Crippen LogP contribution is 2.11. The molecule has 0 aliphatic heterocycles. The molecule has 0 aliphatic rings. The van der Waals surface area contributed by atoms with Crippen molar-refractivity contribution in [1.29, 1.82) is 0 Å². The van der Waals surface area contributed by atoms with Gasteiger partial charge in [-0.15, -0.1) is 0 Å². The zero-order chi connectivity index (χ0) is 13.8. The number of hydrogen-bond donors (Lipinski definition) is 5. The molecule has 0 aromatic carbocycles. The van der Waals surface area contributed by atoms with Crippen molar-refractivity contribution in [2.45, 2.75) is 24.4 Å². The summed E-state index contributed by atoms with van der Waals surface area (Å²) in [5, 5.41) is 35.3. The van der Waals surface area contributed by atoms with Gasteiger partial charge in [-0.1, -0.05) is 0 Å². The van der Waals surface area contributed by atoms with E-state index in [9.17, 15) is 18.0 Å². The number of carbonyl (C=O) groups excluding carboxylic acids is 1. The lowest BCUT2D eigenvalue weighted by molar-refractivity contribution is -0.161. The summed E-state index contributed by atoms with van der Waals surface area (Å²) in [6.07, 6.45) is -9.85. The van der Waals surface area contributed by atoms with E-state index in [1.807, 2.05) is 0 Å². The van der Waals surface area contributed by atoms with Gasteiger partial charge in [0.2, 0.25) is 0 Å². The highest BCUT2D eigenvalue weighted by Gasteiger charge is 2.39. The Bertz CT molecular complexity index is 374. The van der Waals surface area contributed by atoms with Gasteiger partial charge in [0, 0.05) is 0 Å². The standard InChI is InChI=1S/C6H10O10S/c7-1-2(8)5(16-17(13,14)15)3(9)4(10)6(11)12/h1-5,8-10H,(H,11,12)(H,13,14,15)/t2-,3+,4+,5+/m1/s1. The van der Waals surface area contributed by atoms with E-state index < -0.39 is 40.8 Å². The summed E-state index contributed by atoms with van der Waals surface area (Å²) >= 11 is 0. The van der Waals surface area contributed by atoms with Crippen molar-refractivity contribution in [2.24, 2.45) is 0 Å². The van der Waals surface area contributed by atoms with Crippen molar-refractivity contribution in [2.75, 3.05) is 0 Å². The number of carbonyl (C=O) groups is 2. The Morgan fingerprint density at radius 3 is 2.00 bits per heavy atom. The first kappa shape index (κ1) is 15.9. The molecule has 0 aliphatic carbocycles. The van der Waals surface area contributed by atoms with Crippen LogP contribution in [0.4, 0.5) is 0 Å². The van der Waals surface area contributed by atoms with Gasteiger partial charge in [-0.25, -0.2) is 8.98 Å². The van der Waals surface area contributed by atoms with Gasteiger partial charge in [-0.05, 0) is 0 Å². The minimum absolute atomic E-state index is 0.270. The van der Waals surface area contributed by atoms with Gasteiger partial charge in [0.15, 0.2) is 12.4 Å². The van der Waals surface area contributed by atoms with E-state index in [-0.39, 0.29) is 6.29 Å². The van der Waals surface area contributed by atoms with Crippen LogP contribution in [0.1, 0.15) is 0 Å². The van der Waals surface area contributed by atoms with Crippen LogP contribution in [0.15, 0.2) is 0 Å². The second-order valence-corrected chi connectivity index (χ2v) is 3.94. The first-order valence-corrected chi connectivity index (χ1v) is 5.34. The van der Waals surface area contributed by atoms with E-state index in [0.717, 1.165) is 0 Å². The van der Waals surface area contributed by atoms with E-state index in [1.54, 1.807) is 0 Å². The van der Waals surface area contributed by atoms with Crippen LogP contribution in [-0.4, -0.2) is 70.1 Å². The Morgan fingerprint density at radius 2 is 1.71 bits per heavy atom. The molecule has 5 N–H and O–H groups in total. The maximum Gasteiger partial charge on any atom is 0.397 e. The van der Waals surface area contributed by atoms with Crippen LogP contribution in [0.5, 0.6) is 0 Å². The topological polar surface area (TPSA) is 179 Å². The Kier molecular flexibility index (Phi) is 5.60. The molecule has 0 fully saturated rings. The Balaban J connectivity index is 5.05. The van der Waals surface area contributed by atoms with Crippen LogP contribution < -0.4 is 0 Å². The number of aliphatic carboxylic acids is 1. The lowest BCUT2D eigenvalue weighted by Gasteiger charge is -2.24. The summed E-state index contributed by atoms with van der Waals surface area (Å²) in [6, 6.07) is 0. The second-order valence-electron chi connectivity index (χ2n) is 2.89. The van der Waals surface area contributed by atoms with E-state index in [4.69, 9.17) is 25.0 Å². The molecule has 0 aromatic rings. The Hall–Kier alpha value is -1.11. The molecule has 0 amide bonds. The molecule has 10 nitrogen and oxygen atoms in total. The van der Waals surface area contributed by atoms with Gasteiger partial charge < -0.3 is 25.2 Å². The molecule has 0 saturated carbocycles. The maximum atomic E-state index is 10.3. The third kappa shape index (κ3) is 5.16. The molecule has 100 valence electrons. The van der Waals surface area contributed by atoms with E-state index in [0.29, 0.717) is 0 Å². The van der Waals surface area contributed by atoms with Crippen molar-refractivity contribution in [3.05, 3.63) is 0 Å². The highest BCUT2D eigenvalue weighted by molar-refractivity contribution is 7.80. The normalized spacial score (nSPS) is 19.1. The van der Waals surface area contributed by atoms with Gasteiger partial charge in [-0.2, -0.15) is 8.42 Å². The van der Waals surface area contributed by atoms with Gasteiger partial charge in [-0.3, -0.25) is 4.55 Å². The molecular formula is C6H10O10S. The van der Waals surface area contributed by atoms with Gasteiger partial charge in [0.1, 0.15) is 18.3 Å². The Labute approximate surface area is 95.0 Å². The monoisotopic (exact) mass is 274 g/mol. The number of carboxylic acid groups (broad SMARTS) is 1. The molecule has 0 rings (SSSR count). The van der Waals surface area contributed by atoms with Gasteiger partial charge in [0.05, 0.1) is 0 Å². The van der Waals surface area contributed by atoms with Crippen molar-refractivity contribution in [3.8, 4) is 0 Å². The summed E-state index contributed by atoms with van der Waals surface area (Å²) < 4.78 is 32.6. The van der Waals surface area contributed by atoms with E-state index >= 15 is 0 Å². The Morgan fingerprint density at radius 1 is 1.24 bits per heavy atom. The highest BCUT2D eigenvalue weighted by atomic mass is 32.3. The molecule has 0 heterocycles. The fourth-order valence-electron chi connectivity index (χ4n) is 0.859. The zero-order valence-corrected chi connectivity index (χ0v) is 8.89. The lowest BCUT2D eigenvalue weighted by Crippen LogP contribution is -2.50. The number of hydrogen-bond acceptors (Lipinski definition) is 8. The zero-order valence-electron chi connectivity index (χ0n) is 8.07. The number of aliphatic hydroxyl groups excluding tert-OH is 3.